The van der Waals surface area contributed by atoms with E-state index >= 15 is 0 Å². The Balaban J connectivity index is 1.03. The van der Waals surface area contributed by atoms with E-state index in [1.54, 1.807) is 24.4 Å². The first-order chi connectivity index (χ1) is 19.1. The van der Waals surface area contributed by atoms with E-state index in [2.05, 4.69) is 26.3 Å². The lowest BCUT2D eigenvalue weighted by atomic mass is 9.54. The molecule has 9 heteroatoms. The average Bonchev–Trinajstić information content (AvgIpc) is 2.95. The van der Waals surface area contributed by atoms with Gasteiger partial charge in [-0.15, -0.1) is 0 Å². The van der Waals surface area contributed by atoms with Crippen molar-refractivity contribution in [2.45, 2.75) is 38.1 Å². The fourth-order valence-electron chi connectivity index (χ4n) is 7.41. The summed E-state index contributed by atoms with van der Waals surface area (Å²) >= 11 is 0. The average molecular weight is 528 g/mol. The highest BCUT2D eigenvalue weighted by molar-refractivity contribution is 5.80. The van der Waals surface area contributed by atoms with Crippen molar-refractivity contribution in [2.24, 2.45) is 23.7 Å². The molecular formula is C30H33N5O4. The highest BCUT2D eigenvalue weighted by Gasteiger charge is 2.49. The van der Waals surface area contributed by atoms with Crippen molar-refractivity contribution in [3.05, 3.63) is 60.8 Å². The van der Waals surface area contributed by atoms with E-state index in [9.17, 15) is 4.79 Å². The van der Waals surface area contributed by atoms with Crippen LogP contribution >= 0.6 is 0 Å². The smallest absolute Gasteiger partial charge is 0.431 e. The Morgan fingerprint density at radius 1 is 0.897 bits per heavy atom. The van der Waals surface area contributed by atoms with Gasteiger partial charge in [0.2, 0.25) is 5.88 Å². The maximum atomic E-state index is 13.1. The van der Waals surface area contributed by atoms with Gasteiger partial charge in [0.15, 0.2) is 0 Å². The van der Waals surface area contributed by atoms with E-state index in [0.717, 1.165) is 28.9 Å². The third kappa shape index (κ3) is 4.70. The van der Waals surface area contributed by atoms with Crippen molar-refractivity contribution >= 4 is 23.2 Å². The minimum Gasteiger partial charge on any atom is -0.481 e. The van der Waals surface area contributed by atoms with E-state index in [4.69, 9.17) is 14.3 Å². The van der Waals surface area contributed by atoms with Gasteiger partial charge in [0.25, 0.3) is 0 Å². The van der Waals surface area contributed by atoms with Crippen LogP contribution < -0.4 is 24.8 Å². The highest BCUT2D eigenvalue weighted by atomic mass is 16.7. The van der Waals surface area contributed by atoms with Crippen LogP contribution in [0.15, 0.2) is 60.8 Å². The van der Waals surface area contributed by atoms with Crippen molar-refractivity contribution in [3.8, 4) is 17.6 Å². The number of ether oxygens (including phenoxy) is 2. The molecule has 0 spiro atoms. The Kier molecular flexibility index (Phi) is 6.14. The molecule has 1 aliphatic heterocycles. The van der Waals surface area contributed by atoms with Gasteiger partial charge in [-0.2, -0.15) is 4.98 Å². The van der Waals surface area contributed by atoms with Crippen LogP contribution in [0.1, 0.15) is 32.1 Å². The summed E-state index contributed by atoms with van der Waals surface area (Å²) in [6.07, 6.45) is 7.70. The number of carbonyl (C=O) groups is 1. The predicted molar refractivity (Wildman–Crippen MR) is 146 cm³/mol. The highest BCUT2D eigenvalue weighted by Crippen LogP contribution is 2.53. The number of nitrogens with zero attached hydrogens (tertiary/aromatic N) is 4. The number of carbonyl (C=O) groups excluding carboxylic acids is 1. The SMILES string of the molecule is COc1ccnc(Oc2ccc(N3CCN(OC(=O)NC4C5CC6CC(C5)CC4C6)c4ccccc43)cc2)n1. The van der Waals surface area contributed by atoms with Gasteiger partial charge in [0.05, 0.1) is 25.0 Å². The molecular weight excluding hydrogens is 494 g/mol. The summed E-state index contributed by atoms with van der Waals surface area (Å²) in [5.41, 5.74) is 2.86. The molecule has 8 rings (SSSR count). The summed E-state index contributed by atoms with van der Waals surface area (Å²) < 4.78 is 10.9. The largest absolute Gasteiger partial charge is 0.481 e. The number of para-hydroxylation sites is 2. The number of anilines is 3. The van der Waals surface area contributed by atoms with Gasteiger partial charge in [0, 0.05) is 30.5 Å². The summed E-state index contributed by atoms with van der Waals surface area (Å²) in [4.78, 5) is 29.6. The molecule has 1 amide bonds. The third-order valence-electron chi connectivity index (χ3n) is 8.85. The number of hydroxylamine groups is 1. The van der Waals surface area contributed by atoms with Gasteiger partial charge in [-0.25, -0.2) is 14.8 Å². The van der Waals surface area contributed by atoms with Crippen molar-refractivity contribution < 1.29 is 19.1 Å². The molecule has 39 heavy (non-hydrogen) atoms. The van der Waals surface area contributed by atoms with E-state index < -0.39 is 0 Å². The first-order valence-electron chi connectivity index (χ1n) is 13.9. The number of rotatable bonds is 6. The lowest BCUT2D eigenvalue weighted by Crippen LogP contribution is -2.56. The zero-order valence-corrected chi connectivity index (χ0v) is 22.0. The zero-order chi connectivity index (χ0) is 26.3. The van der Waals surface area contributed by atoms with E-state index in [-0.39, 0.29) is 18.1 Å². The van der Waals surface area contributed by atoms with Crippen LogP contribution in [0.4, 0.5) is 21.9 Å². The molecule has 2 aromatic carbocycles. The van der Waals surface area contributed by atoms with Gasteiger partial charge >= 0.3 is 12.1 Å². The van der Waals surface area contributed by atoms with Crippen LogP contribution in [0.2, 0.25) is 0 Å². The summed E-state index contributed by atoms with van der Waals surface area (Å²) in [7, 11) is 1.55. The van der Waals surface area contributed by atoms with Crippen molar-refractivity contribution in [2.75, 3.05) is 30.2 Å². The fourth-order valence-corrected chi connectivity index (χ4v) is 7.41. The number of methoxy groups -OCH3 is 1. The van der Waals surface area contributed by atoms with Crippen LogP contribution in [0.3, 0.4) is 0 Å². The Bertz CT molecular complexity index is 1320. The Morgan fingerprint density at radius 2 is 1.62 bits per heavy atom. The Morgan fingerprint density at radius 3 is 2.33 bits per heavy atom. The number of nitrogens with one attached hydrogen (secondary N) is 1. The molecule has 3 aromatic rings. The second-order valence-corrected chi connectivity index (χ2v) is 11.2. The summed E-state index contributed by atoms with van der Waals surface area (Å²) in [6.45, 7) is 1.23. The minimum absolute atomic E-state index is 0.227. The van der Waals surface area contributed by atoms with Gasteiger partial charge in [-0.05, 0) is 92.2 Å². The topological polar surface area (TPSA) is 89.0 Å². The molecule has 0 atom stereocenters. The number of aromatic nitrogens is 2. The lowest BCUT2D eigenvalue weighted by Gasteiger charge is -2.54. The molecule has 1 aromatic heterocycles. The molecule has 0 unspecified atom stereocenters. The molecule has 0 radical (unpaired) electrons. The molecule has 202 valence electrons. The number of fused-ring (bicyclic) bond motifs is 1. The number of hydrogen-bond acceptors (Lipinski definition) is 8. The molecule has 4 saturated carbocycles. The number of benzene rings is 2. The summed E-state index contributed by atoms with van der Waals surface area (Å²) in [5.74, 6) is 4.04. The second kappa shape index (κ2) is 9.94. The van der Waals surface area contributed by atoms with E-state index in [1.165, 1.54) is 32.1 Å². The number of hydrogen-bond donors (Lipinski definition) is 1. The van der Waals surface area contributed by atoms with Gasteiger partial charge in [-0.1, -0.05) is 12.1 Å². The fraction of sp³-hybridized carbons (Fsp3) is 0.433. The summed E-state index contributed by atoms with van der Waals surface area (Å²) in [5, 5.41) is 5.00. The van der Waals surface area contributed by atoms with Crippen LogP contribution in [0.25, 0.3) is 0 Å². The molecule has 4 aliphatic carbocycles. The molecule has 1 N–H and O–H groups in total. The molecule has 9 nitrogen and oxygen atoms in total. The van der Waals surface area contributed by atoms with Gasteiger partial charge in [0.1, 0.15) is 5.75 Å². The third-order valence-corrected chi connectivity index (χ3v) is 8.85. The minimum atomic E-state index is -0.336. The standard InChI is InChI=1S/C30H33N5O4/c1-37-27-10-11-31-29(32-27)38-24-8-6-23(7-9-24)34-12-13-35(26-5-3-2-4-25(26)34)39-30(36)33-28-21-15-19-14-20(17-21)18-22(28)16-19/h2-11,19-22,28H,12-18H2,1H3,(H,33,36). The van der Waals surface area contributed by atoms with Crippen molar-refractivity contribution in [1.29, 1.82) is 0 Å². The summed E-state index contributed by atoms with van der Waals surface area (Å²) in [6, 6.07) is 18.0. The van der Waals surface area contributed by atoms with Crippen LogP contribution in [-0.4, -0.2) is 42.3 Å². The maximum Gasteiger partial charge on any atom is 0.431 e. The van der Waals surface area contributed by atoms with Crippen LogP contribution in [-0.2, 0) is 4.84 Å². The Labute approximate surface area is 228 Å². The normalized spacial score (nSPS) is 26.6. The second-order valence-electron chi connectivity index (χ2n) is 11.2. The quantitative estimate of drug-likeness (QED) is 0.437. The maximum absolute atomic E-state index is 13.1. The number of amides is 1. The first-order valence-corrected chi connectivity index (χ1v) is 13.9. The zero-order valence-electron chi connectivity index (χ0n) is 22.0. The molecule has 5 aliphatic rings. The predicted octanol–water partition coefficient (Wildman–Crippen LogP) is 5.70. The molecule has 4 bridgehead atoms. The molecule has 0 saturated heterocycles. The molecule has 2 heterocycles. The van der Waals surface area contributed by atoms with Crippen LogP contribution in [0.5, 0.6) is 17.6 Å². The van der Waals surface area contributed by atoms with Crippen molar-refractivity contribution in [3.63, 3.8) is 0 Å². The Hall–Kier alpha value is -4.01. The first kappa shape index (κ1) is 24.1. The van der Waals surface area contributed by atoms with Crippen molar-refractivity contribution in [1.82, 2.24) is 15.3 Å². The van der Waals surface area contributed by atoms with E-state index in [0.29, 0.717) is 36.6 Å². The van der Waals surface area contributed by atoms with Gasteiger partial charge < -0.3 is 24.5 Å². The van der Waals surface area contributed by atoms with Crippen LogP contribution in [0, 0.1) is 23.7 Å². The molecule has 4 fully saturated rings. The van der Waals surface area contributed by atoms with E-state index in [1.807, 2.05) is 42.5 Å². The lowest BCUT2D eigenvalue weighted by molar-refractivity contribution is -0.0142. The van der Waals surface area contributed by atoms with Gasteiger partial charge in [-0.3, -0.25) is 0 Å². The monoisotopic (exact) mass is 527 g/mol.